The van der Waals surface area contributed by atoms with Gasteiger partial charge < -0.3 is 9.64 Å². The second-order valence-electron chi connectivity index (χ2n) is 8.61. The summed E-state index contributed by atoms with van der Waals surface area (Å²) in [4.78, 5) is 7.80. The average molecular weight is 358 g/mol. The monoisotopic (exact) mass is 357 g/mol. The molecule has 4 aliphatic heterocycles. The van der Waals surface area contributed by atoms with E-state index in [1.807, 2.05) is 0 Å². The molecule has 4 aliphatic rings. The van der Waals surface area contributed by atoms with Gasteiger partial charge in [-0.25, -0.2) is 0 Å². The first-order valence-electron chi connectivity index (χ1n) is 10.6. The molecule has 4 heterocycles. The number of hydrogen-bond donors (Lipinski definition) is 0. The maximum Gasteiger partial charge on any atom is 0.123 e. The first-order valence-corrected chi connectivity index (χ1v) is 10.6. The first-order chi connectivity index (χ1) is 12.8. The number of rotatable bonds is 6. The number of hydrogen-bond acceptors (Lipinski definition) is 4. The van der Waals surface area contributed by atoms with E-state index >= 15 is 0 Å². The number of likely N-dealkylation sites (N-methyl/N-ethyl adjacent to an activating group) is 1. The molecule has 0 amide bonds. The van der Waals surface area contributed by atoms with Gasteiger partial charge in [-0.05, 0) is 57.8 Å². The smallest absolute Gasteiger partial charge is 0.123 e. The quantitative estimate of drug-likeness (QED) is 0.779. The van der Waals surface area contributed by atoms with Crippen molar-refractivity contribution >= 4 is 0 Å². The van der Waals surface area contributed by atoms with Crippen LogP contribution in [-0.2, 0) is 6.54 Å². The molecule has 0 spiro atoms. The third-order valence-corrected chi connectivity index (χ3v) is 6.47. The summed E-state index contributed by atoms with van der Waals surface area (Å²) in [6, 6.07) is 9.41. The third-order valence-electron chi connectivity index (χ3n) is 6.47. The van der Waals surface area contributed by atoms with Crippen LogP contribution in [0.3, 0.4) is 0 Å². The summed E-state index contributed by atoms with van der Waals surface area (Å²) in [7, 11) is 2.28. The minimum Gasteiger partial charge on any atom is -0.492 e. The molecule has 0 unspecified atom stereocenters. The molecular weight excluding hydrogens is 322 g/mol. The Hall–Kier alpha value is -1.10. The summed E-state index contributed by atoms with van der Waals surface area (Å²) in [6.45, 7) is 9.13. The molecule has 0 aliphatic carbocycles. The van der Waals surface area contributed by atoms with Crippen LogP contribution in [0.1, 0.15) is 37.7 Å². The van der Waals surface area contributed by atoms with Crippen LogP contribution in [0.5, 0.6) is 5.75 Å². The fraction of sp³-hybridized carbons (Fsp3) is 0.727. The molecule has 4 saturated heterocycles. The minimum atomic E-state index is 0.708. The van der Waals surface area contributed by atoms with Gasteiger partial charge in [-0.15, -0.1) is 0 Å². The second kappa shape index (κ2) is 8.73. The Labute approximate surface area is 159 Å². The Morgan fingerprint density at radius 3 is 2.73 bits per heavy atom. The zero-order valence-electron chi connectivity index (χ0n) is 16.4. The fourth-order valence-corrected chi connectivity index (χ4v) is 5.07. The molecule has 0 saturated carbocycles. The molecule has 2 bridgehead atoms. The van der Waals surface area contributed by atoms with Crippen molar-refractivity contribution in [2.75, 3.05) is 52.9 Å². The molecule has 0 aromatic heterocycles. The van der Waals surface area contributed by atoms with E-state index in [1.54, 1.807) is 0 Å². The molecular formula is C22H35N3O. The van der Waals surface area contributed by atoms with Crippen molar-refractivity contribution in [2.45, 2.75) is 44.7 Å². The van der Waals surface area contributed by atoms with Gasteiger partial charge in [-0.2, -0.15) is 0 Å². The van der Waals surface area contributed by atoms with Crippen LogP contribution < -0.4 is 4.74 Å². The molecule has 1 aromatic carbocycles. The molecule has 4 fully saturated rings. The largest absolute Gasteiger partial charge is 0.492 e. The van der Waals surface area contributed by atoms with E-state index in [-0.39, 0.29) is 0 Å². The van der Waals surface area contributed by atoms with Crippen LogP contribution in [-0.4, -0.2) is 73.7 Å². The molecule has 144 valence electrons. The average Bonchev–Trinajstić information content (AvgIpc) is 2.93. The number of nitrogens with zero attached hydrogens (tertiary/aromatic N) is 3. The summed E-state index contributed by atoms with van der Waals surface area (Å²) < 4.78 is 6.24. The lowest BCUT2D eigenvalue weighted by molar-refractivity contribution is 0.122. The number of ether oxygens (including phenoxy) is 1. The Bertz CT molecular complexity index is 572. The number of benzene rings is 1. The highest BCUT2D eigenvalue weighted by Gasteiger charge is 2.33. The van der Waals surface area contributed by atoms with Crippen LogP contribution in [0.15, 0.2) is 24.3 Å². The van der Waals surface area contributed by atoms with E-state index in [0.717, 1.165) is 31.4 Å². The van der Waals surface area contributed by atoms with Gasteiger partial charge in [0.25, 0.3) is 0 Å². The molecule has 0 radical (unpaired) electrons. The summed E-state index contributed by atoms with van der Waals surface area (Å²) in [5.41, 5.74) is 1.36. The highest BCUT2D eigenvalue weighted by Crippen LogP contribution is 2.30. The number of fused-ring (bicyclic) bond motifs is 4. The fourth-order valence-electron chi connectivity index (χ4n) is 5.07. The molecule has 2 atom stereocenters. The topological polar surface area (TPSA) is 19.0 Å². The van der Waals surface area contributed by atoms with Crippen LogP contribution >= 0.6 is 0 Å². The van der Waals surface area contributed by atoms with Crippen molar-refractivity contribution in [3.63, 3.8) is 0 Å². The van der Waals surface area contributed by atoms with E-state index in [4.69, 9.17) is 4.74 Å². The Balaban J connectivity index is 1.35. The Kier molecular flexibility index (Phi) is 6.13. The summed E-state index contributed by atoms with van der Waals surface area (Å²) in [6.07, 6.45) is 6.85. The maximum atomic E-state index is 6.24. The predicted octanol–water partition coefficient (Wildman–Crippen LogP) is 3.08. The van der Waals surface area contributed by atoms with Gasteiger partial charge in [0.2, 0.25) is 0 Å². The van der Waals surface area contributed by atoms with Crippen molar-refractivity contribution in [3.8, 4) is 5.75 Å². The molecule has 0 N–H and O–H groups in total. The van der Waals surface area contributed by atoms with Gasteiger partial charge >= 0.3 is 0 Å². The zero-order valence-corrected chi connectivity index (χ0v) is 16.4. The summed E-state index contributed by atoms with van der Waals surface area (Å²) >= 11 is 0. The summed E-state index contributed by atoms with van der Waals surface area (Å²) in [5.74, 6) is 1.93. The van der Waals surface area contributed by atoms with E-state index in [2.05, 4.69) is 46.0 Å². The van der Waals surface area contributed by atoms with Crippen LogP contribution in [0.2, 0.25) is 0 Å². The van der Waals surface area contributed by atoms with E-state index in [1.165, 1.54) is 70.4 Å². The zero-order chi connectivity index (χ0) is 17.8. The van der Waals surface area contributed by atoms with E-state index in [9.17, 15) is 0 Å². The Morgan fingerprint density at radius 2 is 1.85 bits per heavy atom. The first kappa shape index (κ1) is 18.3. The second-order valence-corrected chi connectivity index (χ2v) is 8.61. The highest BCUT2D eigenvalue weighted by molar-refractivity contribution is 5.33. The van der Waals surface area contributed by atoms with E-state index in [0.29, 0.717) is 6.04 Å². The minimum absolute atomic E-state index is 0.708. The lowest BCUT2D eigenvalue weighted by Crippen LogP contribution is -2.43. The van der Waals surface area contributed by atoms with Gasteiger partial charge in [-0.1, -0.05) is 24.6 Å². The SMILES string of the molecule is CN1C[C@H]2CC[C@@H](C1)N(Cc1ccccc1OCCN1CCCCC1)C2. The van der Waals surface area contributed by atoms with Crippen molar-refractivity contribution in [2.24, 2.45) is 5.92 Å². The predicted molar refractivity (Wildman–Crippen MR) is 107 cm³/mol. The van der Waals surface area contributed by atoms with Gasteiger partial charge in [0.15, 0.2) is 0 Å². The van der Waals surface area contributed by atoms with Crippen molar-refractivity contribution in [1.29, 1.82) is 0 Å². The molecule has 5 rings (SSSR count). The molecule has 4 heteroatoms. The normalized spacial score (nSPS) is 28.2. The molecule has 1 aromatic rings. The van der Waals surface area contributed by atoms with Crippen molar-refractivity contribution in [3.05, 3.63) is 29.8 Å². The van der Waals surface area contributed by atoms with Crippen LogP contribution in [0.25, 0.3) is 0 Å². The van der Waals surface area contributed by atoms with Gasteiger partial charge in [0.1, 0.15) is 12.4 Å². The molecule has 26 heavy (non-hydrogen) atoms. The highest BCUT2D eigenvalue weighted by atomic mass is 16.5. The number of likely N-dealkylation sites (tertiary alicyclic amines) is 1. The van der Waals surface area contributed by atoms with Gasteiger partial charge in [-0.3, -0.25) is 9.80 Å². The van der Waals surface area contributed by atoms with Crippen LogP contribution in [0, 0.1) is 5.92 Å². The van der Waals surface area contributed by atoms with E-state index < -0.39 is 0 Å². The maximum absolute atomic E-state index is 6.24. The third kappa shape index (κ3) is 4.59. The van der Waals surface area contributed by atoms with Gasteiger partial charge in [0, 0.05) is 44.3 Å². The lowest BCUT2D eigenvalue weighted by atomic mass is 9.94. The number of para-hydroxylation sites is 1. The molecule has 4 nitrogen and oxygen atoms in total. The standard InChI is InChI=1S/C22H35N3O/c1-23-15-19-9-10-21(18-23)25(16-19)17-20-7-3-4-8-22(20)26-14-13-24-11-5-2-6-12-24/h3-4,7-8,19,21H,2,5-6,9-18H2,1H3/t19-,21+/m1/s1. The summed E-state index contributed by atoms with van der Waals surface area (Å²) in [5, 5.41) is 0. The van der Waals surface area contributed by atoms with Crippen molar-refractivity contribution < 1.29 is 4.74 Å². The van der Waals surface area contributed by atoms with Crippen molar-refractivity contribution in [1.82, 2.24) is 14.7 Å². The lowest BCUT2D eigenvalue weighted by Gasteiger charge is -2.36. The van der Waals surface area contributed by atoms with Crippen LogP contribution in [0.4, 0.5) is 0 Å². The van der Waals surface area contributed by atoms with Gasteiger partial charge in [0.05, 0.1) is 0 Å². The Morgan fingerprint density at radius 1 is 1.00 bits per heavy atom. The number of piperidine rings is 2.